The number of ether oxygens (including phenoxy) is 1. The van der Waals surface area contributed by atoms with Gasteiger partial charge in [-0.3, -0.25) is 9.69 Å². The molecule has 162 valence electrons. The number of nitrogens with zero attached hydrogens (tertiary/aromatic N) is 2. The lowest BCUT2D eigenvalue weighted by atomic mass is 10.2. The van der Waals surface area contributed by atoms with Crippen LogP contribution in [0.2, 0.25) is 0 Å². The summed E-state index contributed by atoms with van der Waals surface area (Å²) in [7, 11) is -2.04. The second-order valence-electron chi connectivity index (χ2n) is 7.24. The summed E-state index contributed by atoms with van der Waals surface area (Å²) in [6.07, 6.45) is 0.428. The summed E-state index contributed by atoms with van der Waals surface area (Å²) in [5.74, 6) is 0.826. The van der Waals surface area contributed by atoms with Crippen molar-refractivity contribution in [1.29, 1.82) is 0 Å². The highest BCUT2D eigenvalue weighted by molar-refractivity contribution is 7.89. The number of nitrogens with one attached hydrogen (secondary N) is 1. The van der Waals surface area contributed by atoms with E-state index in [4.69, 9.17) is 9.88 Å². The molecular formula is C21H28N4O4S. The van der Waals surface area contributed by atoms with Crippen molar-refractivity contribution in [2.75, 3.05) is 44.7 Å². The largest absolute Gasteiger partial charge is 0.497 e. The van der Waals surface area contributed by atoms with E-state index in [0.29, 0.717) is 19.5 Å². The second-order valence-corrected chi connectivity index (χ2v) is 8.80. The number of sulfonamides is 1. The highest BCUT2D eigenvalue weighted by Gasteiger charge is 2.18. The third kappa shape index (κ3) is 6.19. The first-order chi connectivity index (χ1) is 14.3. The monoisotopic (exact) mass is 432 g/mol. The molecule has 0 spiro atoms. The van der Waals surface area contributed by atoms with E-state index in [1.54, 1.807) is 19.2 Å². The number of carbonyl (C=O) groups excluding carboxylic acids is 1. The number of nitrogens with two attached hydrogens (primary N) is 1. The van der Waals surface area contributed by atoms with Gasteiger partial charge in [0.1, 0.15) is 5.75 Å². The van der Waals surface area contributed by atoms with Crippen molar-refractivity contribution in [1.82, 2.24) is 10.2 Å². The number of benzene rings is 2. The number of hydrogen-bond donors (Lipinski definition) is 2. The van der Waals surface area contributed by atoms with Crippen molar-refractivity contribution < 1.29 is 17.9 Å². The molecule has 2 aromatic rings. The first kappa shape index (κ1) is 22.1. The zero-order valence-electron chi connectivity index (χ0n) is 17.1. The van der Waals surface area contributed by atoms with Crippen molar-refractivity contribution in [2.45, 2.75) is 17.9 Å². The molecule has 30 heavy (non-hydrogen) atoms. The van der Waals surface area contributed by atoms with Gasteiger partial charge in [-0.25, -0.2) is 13.6 Å². The van der Waals surface area contributed by atoms with Crippen LogP contribution < -0.4 is 20.1 Å². The molecule has 0 bridgehead atoms. The predicted octanol–water partition coefficient (Wildman–Crippen LogP) is 1.17. The fraction of sp³-hybridized carbons (Fsp3) is 0.381. The number of hydrogen-bond acceptors (Lipinski definition) is 6. The van der Waals surface area contributed by atoms with Crippen LogP contribution in [0.3, 0.4) is 0 Å². The van der Waals surface area contributed by atoms with Crippen molar-refractivity contribution in [3.8, 4) is 5.75 Å². The van der Waals surface area contributed by atoms with E-state index >= 15 is 0 Å². The van der Waals surface area contributed by atoms with Crippen LogP contribution in [-0.2, 0) is 21.4 Å². The molecule has 0 aromatic heterocycles. The zero-order valence-corrected chi connectivity index (χ0v) is 17.9. The van der Waals surface area contributed by atoms with Crippen molar-refractivity contribution in [2.24, 2.45) is 5.14 Å². The number of primary sulfonamides is 1. The third-order valence-corrected chi connectivity index (χ3v) is 6.14. The van der Waals surface area contributed by atoms with Gasteiger partial charge in [0.15, 0.2) is 0 Å². The maximum absolute atomic E-state index is 12.2. The molecule has 0 atom stereocenters. The number of amides is 1. The van der Waals surface area contributed by atoms with Gasteiger partial charge < -0.3 is 15.0 Å². The normalized spacial score (nSPS) is 15.1. The number of rotatable bonds is 8. The van der Waals surface area contributed by atoms with Crippen LogP contribution in [0.15, 0.2) is 53.4 Å². The van der Waals surface area contributed by atoms with Crippen molar-refractivity contribution in [3.05, 3.63) is 54.1 Å². The van der Waals surface area contributed by atoms with Gasteiger partial charge in [0.2, 0.25) is 15.9 Å². The van der Waals surface area contributed by atoms with E-state index in [9.17, 15) is 13.2 Å². The Balaban J connectivity index is 1.37. The number of carbonyl (C=O) groups is 1. The molecule has 3 N–H and O–H groups in total. The van der Waals surface area contributed by atoms with Gasteiger partial charge in [0.05, 0.1) is 12.0 Å². The molecule has 0 saturated carbocycles. The van der Waals surface area contributed by atoms with Crippen LogP contribution in [0, 0.1) is 0 Å². The van der Waals surface area contributed by atoms with Gasteiger partial charge in [0.25, 0.3) is 0 Å². The van der Waals surface area contributed by atoms with Crippen molar-refractivity contribution in [3.63, 3.8) is 0 Å². The van der Waals surface area contributed by atoms with Crippen LogP contribution in [0.1, 0.15) is 12.0 Å². The summed E-state index contributed by atoms with van der Waals surface area (Å²) >= 11 is 0. The second kappa shape index (κ2) is 9.92. The van der Waals surface area contributed by atoms with E-state index in [-0.39, 0.29) is 10.8 Å². The average molecular weight is 433 g/mol. The highest BCUT2D eigenvalue weighted by atomic mass is 32.2. The average Bonchev–Trinajstić information content (AvgIpc) is 2.76. The minimum Gasteiger partial charge on any atom is -0.497 e. The predicted molar refractivity (Wildman–Crippen MR) is 116 cm³/mol. The highest BCUT2D eigenvalue weighted by Crippen LogP contribution is 2.20. The van der Waals surface area contributed by atoms with Crippen LogP contribution in [-0.4, -0.2) is 59.1 Å². The summed E-state index contributed by atoms with van der Waals surface area (Å²) in [4.78, 5) is 16.8. The Bertz CT molecular complexity index is 938. The summed E-state index contributed by atoms with van der Waals surface area (Å²) in [6.45, 7) is 4.74. The molecule has 1 heterocycles. The van der Waals surface area contributed by atoms with Crippen molar-refractivity contribution >= 4 is 21.6 Å². The first-order valence-electron chi connectivity index (χ1n) is 9.85. The number of anilines is 1. The Morgan fingerprint density at radius 1 is 1.03 bits per heavy atom. The summed E-state index contributed by atoms with van der Waals surface area (Å²) in [5, 5.41) is 7.96. The molecule has 1 aliphatic heterocycles. The van der Waals surface area contributed by atoms with Gasteiger partial charge in [-0.05, 0) is 42.0 Å². The SMILES string of the molecule is COc1ccc(N2CCN(CCC(=O)NCc3ccc(S(N)(=O)=O)cc3)CC2)cc1. The van der Waals surface area contributed by atoms with E-state index < -0.39 is 10.0 Å². The molecule has 1 saturated heterocycles. The lowest BCUT2D eigenvalue weighted by Gasteiger charge is -2.36. The van der Waals surface area contributed by atoms with E-state index in [0.717, 1.165) is 37.5 Å². The van der Waals surface area contributed by atoms with Gasteiger partial charge in [-0.15, -0.1) is 0 Å². The quantitative estimate of drug-likeness (QED) is 0.649. The fourth-order valence-electron chi connectivity index (χ4n) is 3.37. The Kier molecular flexibility index (Phi) is 7.30. The third-order valence-electron chi connectivity index (χ3n) is 5.21. The van der Waals surface area contributed by atoms with E-state index in [1.807, 2.05) is 12.1 Å². The Hall–Kier alpha value is -2.62. The number of piperazine rings is 1. The van der Waals surface area contributed by atoms with Gasteiger partial charge in [-0.1, -0.05) is 12.1 Å². The summed E-state index contributed by atoms with van der Waals surface area (Å²) in [5.41, 5.74) is 2.01. The minimum atomic E-state index is -3.70. The lowest BCUT2D eigenvalue weighted by molar-refractivity contribution is -0.121. The maximum Gasteiger partial charge on any atom is 0.238 e. The number of methoxy groups -OCH3 is 1. The smallest absolute Gasteiger partial charge is 0.238 e. The van der Waals surface area contributed by atoms with Crippen LogP contribution in [0.5, 0.6) is 5.75 Å². The van der Waals surface area contributed by atoms with Crippen LogP contribution in [0.25, 0.3) is 0 Å². The summed E-state index contributed by atoms with van der Waals surface area (Å²) < 4.78 is 27.7. The molecule has 9 heteroatoms. The molecule has 8 nitrogen and oxygen atoms in total. The zero-order chi connectivity index (χ0) is 21.6. The van der Waals surface area contributed by atoms with Gasteiger partial charge in [0, 0.05) is 51.4 Å². The Labute approximate surface area is 177 Å². The molecule has 1 aliphatic rings. The molecular weight excluding hydrogens is 404 g/mol. The Morgan fingerprint density at radius 3 is 2.23 bits per heavy atom. The topological polar surface area (TPSA) is 105 Å². The van der Waals surface area contributed by atoms with E-state index in [1.165, 1.54) is 17.8 Å². The lowest BCUT2D eigenvalue weighted by Crippen LogP contribution is -2.47. The van der Waals surface area contributed by atoms with Crippen LogP contribution >= 0.6 is 0 Å². The molecule has 2 aromatic carbocycles. The fourth-order valence-corrected chi connectivity index (χ4v) is 3.88. The maximum atomic E-state index is 12.2. The first-order valence-corrected chi connectivity index (χ1v) is 11.4. The molecule has 1 amide bonds. The van der Waals surface area contributed by atoms with Gasteiger partial charge in [-0.2, -0.15) is 0 Å². The standard InChI is InChI=1S/C21H28N4O4S/c1-29-19-6-4-18(5-7-19)25-14-12-24(13-15-25)11-10-21(26)23-16-17-2-8-20(9-3-17)30(22,27)28/h2-9H,10-16H2,1H3,(H,23,26)(H2,22,27,28). The molecule has 0 aliphatic carbocycles. The van der Waals surface area contributed by atoms with Crippen LogP contribution in [0.4, 0.5) is 5.69 Å². The summed E-state index contributed by atoms with van der Waals surface area (Å²) in [6, 6.07) is 14.3. The van der Waals surface area contributed by atoms with Gasteiger partial charge >= 0.3 is 0 Å². The molecule has 0 unspecified atom stereocenters. The molecule has 1 fully saturated rings. The Morgan fingerprint density at radius 2 is 1.67 bits per heavy atom. The molecule has 0 radical (unpaired) electrons. The minimum absolute atomic E-state index is 0.0249. The van der Waals surface area contributed by atoms with E-state index in [2.05, 4.69) is 27.2 Å². The molecule has 3 rings (SSSR count).